The molecule has 0 radical (unpaired) electrons. The molecule has 1 rings (SSSR count). The van der Waals surface area contributed by atoms with E-state index in [9.17, 15) is 0 Å². The van der Waals surface area contributed by atoms with Crippen LogP contribution in [0.15, 0.2) is 0 Å². The van der Waals surface area contributed by atoms with E-state index in [0.717, 1.165) is 24.8 Å². The zero-order valence-corrected chi connectivity index (χ0v) is 12.5. The Hall–Kier alpha value is -0.120. The van der Waals surface area contributed by atoms with Crippen LogP contribution in [-0.2, 0) is 0 Å². The maximum atomic E-state index is 8.89. The normalized spacial score (nSPS) is 28.8. The van der Waals surface area contributed by atoms with Crippen molar-refractivity contribution in [3.8, 4) is 0 Å². The van der Waals surface area contributed by atoms with Gasteiger partial charge in [-0.1, -0.05) is 19.8 Å². The molecule has 0 amide bonds. The Morgan fingerprint density at radius 2 is 2.11 bits per heavy atom. The highest BCUT2D eigenvalue weighted by atomic mass is 16.3. The fourth-order valence-electron chi connectivity index (χ4n) is 3.45. The van der Waals surface area contributed by atoms with Crippen LogP contribution in [-0.4, -0.2) is 49.8 Å². The van der Waals surface area contributed by atoms with Crippen LogP contribution >= 0.6 is 0 Å². The van der Waals surface area contributed by atoms with Gasteiger partial charge in [0.1, 0.15) is 0 Å². The fourth-order valence-corrected chi connectivity index (χ4v) is 3.45. The van der Waals surface area contributed by atoms with E-state index in [4.69, 9.17) is 5.11 Å². The highest BCUT2D eigenvalue weighted by Crippen LogP contribution is 2.32. The Morgan fingerprint density at radius 3 is 2.72 bits per heavy atom. The third kappa shape index (κ3) is 5.25. The van der Waals surface area contributed by atoms with Gasteiger partial charge in [-0.2, -0.15) is 0 Å². The molecule has 1 fully saturated rings. The molecule has 0 heterocycles. The summed E-state index contributed by atoms with van der Waals surface area (Å²) in [5, 5.41) is 12.4. The minimum atomic E-state index is 0.308. The molecule has 0 aliphatic heterocycles. The Kier molecular flexibility index (Phi) is 7.87. The van der Waals surface area contributed by atoms with Crippen LogP contribution in [0, 0.1) is 11.8 Å². The number of nitrogens with zero attached hydrogens (tertiary/aromatic N) is 1. The molecule has 1 aliphatic rings. The van der Waals surface area contributed by atoms with Crippen molar-refractivity contribution in [3.63, 3.8) is 0 Å². The summed E-state index contributed by atoms with van der Waals surface area (Å²) >= 11 is 0. The average molecular weight is 256 g/mol. The fraction of sp³-hybridized carbons (Fsp3) is 1.00. The van der Waals surface area contributed by atoms with Crippen LogP contribution in [0.5, 0.6) is 0 Å². The average Bonchev–Trinajstić information content (AvgIpc) is 2.37. The molecule has 3 nitrogen and oxygen atoms in total. The van der Waals surface area contributed by atoms with Crippen molar-refractivity contribution in [2.45, 2.75) is 51.5 Å². The number of hydrogen-bond donors (Lipinski definition) is 2. The standard InChI is InChI=1S/C15H32N2O/c1-4-6-13-7-8-15(16-2)14(11-13)12-17(3)9-5-10-18/h13-16,18H,4-12H2,1-3H3. The maximum Gasteiger partial charge on any atom is 0.0443 e. The predicted molar refractivity (Wildman–Crippen MR) is 77.8 cm³/mol. The Labute approximate surface area is 113 Å². The Balaban J connectivity index is 2.41. The molecule has 0 saturated heterocycles. The highest BCUT2D eigenvalue weighted by Gasteiger charge is 2.29. The molecule has 1 aliphatic carbocycles. The van der Waals surface area contributed by atoms with Crippen LogP contribution in [0.2, 0.25) is 0 Å². The summed E-state index contributed by atoms with van der Waals surface area (Å²) in [4.78, 5) is 2.39. The van der Waals surface area contributed by atoms with E-state index in [0.29, 0.717) is 12.6 Å². The van der Waals surface area contributed by atoms with Crippen molar-refractivity contribution in [2.75, 3.05) is 33.8 Å². The molecular formula is C15H32N2O. The summed E-state index contributed by atoms with van der Waals surface area (Å²) in [5.41, 5.74) is 0. The van der Waals surface area contributed by atoms with E-state index in [2.05, 4.69) is 31.2 Å². The van der Waals surface area contributed by atoms with Crippen LogP contribution < -0.4 is 5.32 Å². The van der Waals surface area contributed by atoms with E-state index < -0.39 is 0 Å². The van der Waals surface area contributed by atoms with Crippen molar-refractivity contribution in [3.05, 3.63) is 0 Å². The van der Waals surface area contributed by atoms with E-state index >= 15 is 0 Å². The molecule has 2 N–H and O–H groups in total. The zero-order valence-electron chi connectivity index (χ0n) is 12.5. The maximum absolute atomic E-state index is 8.89. The van der Waals surface area contributed by atoms with Gasteiger partial charge in [0.2, 0.25) is 0 Å². The lowest BCUT2D eigenvalue weighted by molar-refractivity contribution is 0.148. The lowest BCUT2D eigenvalue weighted by Gasteiger charge is -2.38. The highest BCUT2D eigenvalue weighted by molar-refractivity contribution is 4.85. The van der Waals surface area contributed by atoms with Gasteiger partial charge >= 0.3 is 0 Å². The zero-order chi connectivity index (χ0) is 13.4. The monoisotopic (exact) mass is 256 g/mol. The summed E-state index contributed by atoms with van der Waals surface area (Å²) in [6.45, 7) is 4.79. The first kappa shape index (κ1) is 15.9. The molecule has 3 heteroatoms. The quantitative estimate of drug-likeness (QED) is 0.698. The molecule has 0 spiro atoms. The minimum Gasteiger partial charge on any atom is -0.396 e. The number of rotatable bonds is 8. The Bertz CT molecular complexity index is 211. The molecule has 0 aromatic carbocycles. The van der Waals surface area contributed by atoms with Crippen LogP contribution in [0.1, 0.15) is 45.4 Å². The summed E-state index contributed by atoms with van der Waals surface area (Å²) in [6.07, 6.45) is 7.72. The van der Waals surface area contributed by atoms with Gasteiger partial charge in [0, 0.05) is 25.7 Å². The SMILES string of the molecule is CCCC1CCC(NC)C(CN(C)CCCO)C1. The number of aliphatic hydroxyl groups is 1. The van der Waals surface area contributed by atoms with Gasteiger partial charge in [-0.05, 0) is 51.6 Å². The summed E-state index contributed by atoms with van der Waals surface area (Å²) in [7, 11) is 4.29. The third-order valence-corrected chi connectivity index (χ3v) is 4.40. The molecule has 0 aromatic rings. The molecular weight excluding hydrogens is 224 g/mol. The summed E-state index contributed by atoms with van der Waals surface area (Å²) in [5.74, 6) is 1.72. The third-order valence-electron chi connectivity index (χ3n) is 4.40. The van der Waals surface area contributed by atoms with Gasteiger partial charge in [-0.3, -0.25) is 0 Å². The largest absolute Gasteiger partial charge is 0.396 e. The minimum absolute atomic E-state index is 0.308. The lowest BCUT2D eigenvalue weighted by Crippen LogP contribution is -2.44. The van der Waals surface area contributed by atoms with E-state index in [-0.39, 0.29) is 0 Å². The second-order valence-corrected chi connectivity index (χ2v) is 5.96. The molecule has 0 bridgehead atoms. The molecule has 3 atom stereocenters. The van der Waals surface area contributed by atoms with Gasteiger partial charge in [-0.15, -0.1) is 0 Å². The van der Waals surface area contributed by atoms with E-state index in [1.165, 1.54) is 38.6 Å². The van der Waals surface area contributed by atoms with Crippen molar-refractivity contribution in [1.82, 2.24) is 10.2 Å². The first-order chi connectivity index (χ1) is 8.71. The molecule has 18 heavy (non-hydrogen) atoms. The van der Waals surface area contributed by atoms with Crippen molar-refractivity contribution in [1.29, 1.82) is 0 Å². The predicted octanol–water partition coefficient (Wildman–Crippen LogP) is 2.11. The summed E-state index contributed by atoms with van der Waals surface area (Å²) < 4.78 is 0. The Morgan fingerprint density at radius 1 is 1.33 bits per heavy atom. The van der Waals surface area contributed by atoms with Gasteiger partial charge in [0.15, 0.2) is 0 Å². The first-order valence-corrected chi connectivity index (χ1v) is 7.67. The number of hydrogen-bond acceptors (Lipinski definition) is 3. The summed E-state index contributed by atoms with van der Waals surface area (Å²) in [6, 6.07) is 0.690. The van der Waals surface area contributed by atoms with E-state index in [1.54, 1.807) is 0 Å². The van der Waals surface area contributed by atoms with Gasteiger partial charge in [0.05, 0.1) is 0 Å². The van der Waals surface area contributed by atoms with Crippen molar-refractivity contribution < 1.29 is 5.11 Å². The first-order valence-electron chi connectivity index (χ1n) is 7.67. The van der Waals surface area contributed by atoms with Crippen LogP contribution in [0.3, 0.4) is 0 Å². The lowest BCUT2D eigenvalue weighted by atomic mass is 9.76. The smallest absolute Gasteiger partial charge is 0.0443 e. The molecule has 3 unspecified atom stereocenters. The number of nitrogens with one attached hydrogen (secondary N) is 1. The van der Waals surface area contributed by atoms with Crippen LogP contribution in [0.4, 0.5) is 0 Å². The van der Waals surface area contributed by atoms with Crippen molar-refractivity contribution >= 4 is 0 Å². The number of aliphatic hydroxyl groups excluding tert-OH is 1. The van der Waals surface area contributed by atoms with Gasteiger partial charge < -0.3 is 15.3 Å². The van der Waals surface area contributed by atoms with E-state index in [1.807, 2.05) is 0 Å². The topological polar surface area (TPSA) is 35.5 Å². The second-order valence-electron chi connectivity index (χ2n) is 5.96. The second kappa shape index (κ2) is 8.89. The molecule has 0 aromatic heterocycles. The van der Waals surface area contributed by atoms with Crippen molar-refractivity contribution in [2.24, 2.45) is 11.8 Å². The van der Waals surface area contributed by atoms with Gasteiger partial charge in [0.25, 0.3) is 0 Å². The molecule has 1 saturated carbocycles. The molecule has 108 valence electrons. The van der Waals surface area contributed by atoms with Crippen LogP contribution in [0.25, 0.3) is 0 Å². The van der Waals surface area contributed by atoms with Gasteiger partial charge in [-0.25, -0.2) is 0 Å².